The molecule has 438 valence electrons. The fourth-order valence-corrected chi connectivity index (χ4v) is 12.0. The van der Waals surface area contributed by atoms with Gasteiger partial charge in [-0.15, -0.1) is 11.3 Å². The number of piperazine rings is 1. The highest BCUT2D eigenvalue weighted by Crippen LogP contribution is 2.32. The highest BCUT2D eigenvalue weighted by atomic mass is 32.1. The monoisotopic (exact) mass is 1140 g/mol. The Morgan fingerprint density at radius 3 is 2.30 bits per heavy atom. The first kappa shape index (κ1) is 58.4. The van der Waals surface area contributed by atoms with E-state index in [-0.39, 0.29) is 56.4 Å². The molecule has 6 aromatic rings. The summed E-state index contributed by atoms with van der Waals surface area (Å²) in [4.78, 5) is 73.8. The predicted octanol–water partition coefficient (Wildman–Crippen LogP) is 6.67. The number of fused-ring (bicyclic) bond motifs is 1. The number of aromatic nitrogens is 6. The number of thiazole rings is 1. The first-order valence-corrected chi connectivity index (χ1v) is 29.7. The average molecular weight is 1140 g/mol. The van der Waals surface area contributed by atoms with Crippen LogP contribution in [0.25, 0.3) is 21.5 Å². The van der Waals surface area contributed by atoms with Crippen molar-refractivity contribution in [3.63, 3.8) is 0 Å². The van der Waals surface area contributed by atoms with E-state index in [4.69, 9.17) is 28.9 Å². The van der Waals surface area contributed by atoms with Crippen LogP contribution in [0.2, 0.25) is 0 Å². The van der Waals surface area contributed by atoms with Crippen molar-refractivity contribution in [1.29, 1.82) is 0 Å². The van der Waals surface area contributed by atoms with E-state index < -0.39 is 35.4 Å². The Kier molecular flexibility index (Phi) is 18.6. The van der Waals surface area contributed by atoms with Crippen molar-refractivity contribution in [3.05, 3.63) is 95.6 Å². The maximum Gasteiger partial charge on any atom is 0.246 e. The lowest BCUT2D eigenvalue weighted by molar-refractivity contribution is -0.146. The highest BCUT2D eigenvalue weighted by molar-refractivity contribution is 7.13. The van der Waals surface area contributed by atoms with Gasteiger partial charge in [-0.2, -0.15) is 4.98 Å². The third kappa shape index (κ3) is 14.3. The van der Waals surface area contributed by atoms with Crippen LogP contribution in [-0.2, 0) is 41.7 Å². The van der Waals surface area contributed by atoms with Gasteiger partial charge in [-0.1, -0.05) is 45.0 Å². The number of rotatable bonds is 22. The highest BCUT2D eigenvalue weighted by Gasteiger charge is 2.45. The average Bonchev–Trinajstić information content (AvgIpc) is 4.21. The summed E-state index contributed by atoms with van der Waals surface area (Å²) in [5.41, 5.74) is 7.02. The molecule has 3 saturated heterocycles. The van der Waals surface area contributed by atoms with Crippen molar-refractivity contribution in [2.75, 3.05) is 87.8 Å². The Bertz CT molecular complexity index is 3110. The van der Waals surface area contributed by atoms with Gasteiger partial charge in [-0.05, 0) is 80.5 Å². The second-order valence-corrected chi connectivity index (χ2v) is 24.2. The fraction of sp³-hybridized carbons (Fsp3) is 0.533. The number of ether oxygens (including phenoxy) is 4. The van der Waals surface area contributed by atoms with Crippen LogP contribution in [0.3, 0.4) is 0 Å². The zero-order valence-corrected chi connectivity index (χ0v) is 49.1. The number of amides is 3. The number of anilines is 4. The molecule has 4 N–H and O–H groups in total. The van der Waals surface area contributed by atoms with Gasteiger partial charge in [-0.25, -0.2) is 19.9 Å². The molecule has 0 bridgehead atoms. The van der Waals surface area contributed by atoms with E-state index in [1.165, 1.54) is 4.90 Å². The molecule has 0 spiro atoms. The van der Waals surface area contributed by atoms with E-state index in [1.54, 1.807) is 30.8 Å². The molecular weight excluding hydrogens is 1060 g/mol. The molecule has 3 amide bonds. The van der Waals surface area contributed by atoms with Crippen molar-refractivity contribution in [3.8, 4) is 16.2 Å². The number of carbonyl (C=O) groups is 3. The molecule has 10 rings (SSSR count). The molecule has 0 unspecified atom stereocenters. The van der Waals surface area contributed by atoms with Crippen LogP contribution in [0, 0.1) is 12.3 Å². The number of carbonyl (C=O) groups excluding carboxylic acids is 3. The smallest absolute Gasteiger partial charge is 0.246 e. The number of β-amino-alcohol motifs (C(OH)–C–C–N with tert-alkyl or cyclic N) is 1. The molecule has 1 saturated carbocycles. The molecule has 3 atom stereocenters. The predicted molar refractivity (Wildman–Crippen MR) is 315 cm³/mol. The number of aliphatic hydroxyl groups excluding tert-OH is 1. The van der Waals surface area contributed by atoms with Crippen LogP contribution in [0.15, 0.2) is 78.6 Å². The summed E-state index contributed by atoms with van der Waals surface area (Å²) in [7, 11) is 1.77. The minimum Gasteiger partial charge on any atom is -0.490 e. The van der Waals surface area contributed by atoms with E-state index >= 15 is 0 Å². The quantitative estimate of drug-likeness (QED) is 0.0521. The number of aliphatic hydroxyl groups is 1. The van der Waals surface area contributed by atoms with Gasteiger partial charge in [0.25, 0.3) is 0 Å². The number of likely N-dealkylation sites (tertiary alicyclic amines) is 1. The van der Waals surface area contributed by atoms with Crippen LogP contribution >= 0.6 is 11.3 Å². The summed E-state index contributed by atoms with van der Waals surface area (Å²) in [5.74, 6) is 2.53. The van der Waals surface area contributed by atoms with Gasteiger partial charge in [0.05, 0.1) is 52.7 Å². The molecule has 4 aliphatic rings. The molecule has 21 nitrogen and oxygen atoms in total. The van der Waals surface area contributed by atoms with E-state index in [9.17, 15) is 19.5 Å². The normalized spacial score (nSPS) is 20.3. The molecule has 7 heterocycles. The second kappa shape index (κ2) is 26.2. The number of benzene rings is 2. The Morgan fingerprint density at radius 2 is 1.61 bits per heavy atom. The molecule has 0 radical (unpaired) electrons. The van der Waals surface area contributed by atoms with E-state index in [2.05, 4.69) is 76.1 Å². The summed E-state index contributed by atoms with van der Waals surface area (Å²) in [6.45, 7) is 19.1. The molecule has 2 aromatic carbocycles. The van der Waals surface area contributed by atoms with Crippen LogP contribution in [0.4, 0.5) is 23.3 Å². The minimum atomic E-state index is -0.948. The van der Waals surface area contributed by atoms with Crippen LogP contribution in [0.1, 0.15) is 89.8 Å². The van der Waals surface area contributed by atoms with Crippen molar-refractivity contribution in [2.45, 2.75) is 129 Å². The summed E-state index contributed by atoms with van der Waals surface area (Å²) in [6.07, 6.45) is 6.09. The lowest BCUT2D eigenvalue weighted by Gasteiger charge is -2.37. The van der Waals surface area contributed by atoms with Gasteiger partial charge in [0.1, 0.15) is 60.1 Å². The number of imidazole rings is 1. The van der Waals surface area contributed by atoms with Crippen molar-refractivity contribution < 1.29 is 38.4 Å². The summed E-state index contributed by atoms with van der Waals surface area (Å²) >= 11 is 1.58. The van der Waals surface area contributed by atoms with Gasteiger partial charge >= 0.3 is 0 Å². The van der Waals surface area contributed by atoms with Gasteiger partial charge in [-0.3, -0.25) is 19.3 Å². The standard InChI is InChI=1S/C60H79N13O8S/c1-38(2)73-49-31-52(66-51-16-19-61-59(67-51)71-20-17-44(78-7)18-21-71)62-33-48(49)65-53(73)35-79-27-26-69-22-24-70(25-23-69)42-12-14-45(15-13-42)81-47-29-46(30-47)80-36-54(75)68-56(60(4,5)6)58(77)72-34-43(74)28-50(72)57(76)63-32-40-8-10-41(11-9-40)55-39(3)64-37-82-55/h8-16,19,31,33,37-38,43-44,46-47,50,56,74H,17-18,20-30,32,34-36H2,1-7H3,(H,63,76)(H,68,75)(H,61,62,66,67)/t43-,46?,47?,50+,56-/m1/s1. The van der Waals surface area contributed by atoms with E-state index in [0.717, 1.165) is 109 Å². The van der Waals surface area contributed by atoms with E-state index in [0.29, 0.717) is 43.6 Å². The second-order valence-electron chi connectivity index (χ2n) is 23.3. The summed E-state index contributed by atoms with van der Waals surface area (Å²) in [5, 5.41) is 19.9. The van der Waals surface area contributed by atoms with E-state index in [1.807, 2.05) is 81.7 Å². The number of aryl methyl sites for hydroxylation is 1. The summed E-state index contributed by atoms with van der Waals surface area (Å²) < 4.78 is 26.3. The minimum absolute atomic E-state index is 0.00311. The lowest BCUT2D eigenvalue weighted by atomic mass is 9.85. The van der Waals surface area contributed by atoms with Crippen LogP contribution < -0.4 is 30.5 Å². The number of nitrogens with one attached hydrogen (secondary N) is 3. The zero-order chi connectivity index (χ0) is 57.5. The SMILES string of the molecule is COC1CCN(c2nccc(Nc3cc4c(cn3)nc(COCCN3CCN(c5ccc(OC6CC(OCC(=O)N[C@H](C(=O)N7C[C@H](O)C[C@H]7C(=O)NCc7ccc(-c8scnc8C)cc7)C(C)(C)C)C6)cc5)CC3)n4C(C)C)n2)CC1. The van der Waals surface area contributed by atoms with Crippen molar-refractivity contribution in [1.82, 2.24) is 49.9 Å². The Morgan fingerprint density at radius 1 is 0.854 bits per heavy atom. The maximum atomic E-state index is 14.1. The maximum absolute atomic E-state index is 14.1. The largest absolute Gasteiger partial charge is 0.490 e. The van der Waals surface area contributed by atoms with Gasteiger partial charge in [0, 0.05) is 109 Å². The van der Waals surface area contributed by atoms with Crippen molar-refractivity contribution in [2.24, 2.45) is 5.41 Å². The van der Waals surface area contributed by atoms with Crippen LogP contribution in [-0.4, -0.2) is 171 Å². The molecule has 82 heavy (non-hydrogen) atoms. The number of nitrogens with zero attached hydrogens (tertiary/aromatic N) is 10. The lowest BCUT2D eigenvalue weighted by Crippen LogP contribution is -2.58. The number of hydrogen-bond donors (Lipinski definition) is 4. The van der Waals surface area contributed by atoms with Crippen molar-refractivity contribution >= 4 is 63.4 Å². The Balaban J connectivity index is 0.617. The molecular formula is C60H79N13O8S. The van der Waals surface area contributed by atoms with Gasteiger partial charge in [0.2, 0.25) is 23.7 Å². The summed E-state index contributed by atoms with van der Waals surface area (Å²) in [6, 6.07) is 18.4. The molecule has 3 aliphatic heterocycles. The first-order chi connectivity index (χ1) is 39.5. The van der Waals surface area contributed by atoms with Gasteiger partial charge < -0.3 is 59.3 Å². The van der Waals surface area contributed by atoms with Crippen LogP contribution in [0.5, 0.6) is 5.75 Å². The third-order valence-corrected chi connectivity index (χ3v) is 17.0. The number of pyridine rings is 1. The molecule has 22 heteroatoms. The number of piperidine rings is 1. The first-order valence-electron chi connectivity index (χ1n) is 28.8. The zero-order valence-electron chi connectivity index (χ0n) is 48.3. The number of methoxy groups -OCH3 is 1. The number of hydrogen-bond acceptors (Lipinski definition) is 18. The van der Waals surface area contributed by atoms with Gasteiger partial charge in [0.15, 0.2) is 0 Å². The molecule has 4 fully saturated rings. The molecule has 1 aliphatic carbocycles. The molecule has 4 aromatic heterocycles. The Hall–Kier alpha value is -6.82. The Labute approximate surface area is 484 Å². The topological polar surface area (TPSA) is 227 Å². The fourth-order valence-electron chi connectivity index (χ4n) is 11.2. The third-order valence-electron chi connectivity index (χ3n) is 16.0.